The van der Waals surface area contributed by atoms with Gasteiger partial charge in [-0.25, -0.2) is 0 Å². The lowest BCUT2D eigenvalue weighted by atomic mass is 9.95. The molecule has 1 aliphatic carbocycles. The second-order valence-electron chi connectivity index (χ2n) is 6.65. The topological polar surface area (TPSA) is 105 Å². The maximum absolute atomic E-state index is 12.1. The molecule has 0 radical (unpaired) electrons. The van der Waals surface area contributed by atoms with Gasteiger partial charge < -0.3 is 26.0 Å². The maximum Gasteiger partial charge on any atom is 0.223 e. The summed E-state index contributed by atoms with van der Waals surface area (Å²) in [4.78, 5) is 22.7. The number of carbonyl (C=O) groups excluding carboxylic acids is 1. The molecule has 2 fully saturated rings. The van der Waals surface area contributed by atoms with Crippen LogP contribution in [0, 0.1) is 0 Å². The highest BCUT2D eigenvalue weighted by molar-refractivity contribution is 5.76. The third kappa shape index (κ3) is 5.45. The normalized spacial score (nSPS) is 18.8. The number of carbonyl (C=O) groups is 1. The van der Waals surface area contributed by atoms with Crippen molar-refractivity contribution in [1.82, 2.24) is 15.3 Å². The molecular weight excluding hydrogens is 320 g/mol. The maximum atomic E-state index is 12.1. The van der Waals surface area contributed by atoms with Crippen molar-refractivity contribution in [3.8, 4) is 0 Å². The van der Waals surface area contributed by atoms with Crippen LogP contribution in [0.3, 0.4) is 0 Å². The average molecular weight is 348 g/mol. The van der Waals surface area contributed by atoms with Crippen molar-refractivity contribution in [2.45, 2.75) is 44.6 Å². The number of nitrogens with two attached hydrogens (primary N) is 1. The predicted molar refractivity (Wildman–Crippen MR) is 97.6 cm³/mol. The van der Waals surface area contributed by atoms with Crippen LogP contribution in [0.25, 0.3) is 0 Å². The lowest BCUT2D eigenvalue weighted by Crippen LogP contribution is -2.37. The Morgan fingerprint density at radius 2 is 2.00 bits per heavy atom. The highest BCUT2D eigenvalue weighted by atomic mass is 16.5. The number of ether oxygens (including phenoxy) is 1. The van der Waals surface area contributed by atoms with E-state index in [1.807, 2.05) is 6.07 Å². The molecule has 1 saturated heterocycles. The molecule has 0 aromatic carbocycles. The number of aromatic nitrogens is 2. The van der Waals surface area contributed by atoms with E-state index in [-0.39, 0.29) is 11.9 Å². The summed E-state index contributed by atoms with van der Waals surface area (Å²) < 4.78 is 5.36. The Labute approximate surface area is 148 Å². The zero-order valence-corrected chi connectivity index (χ0v) is 14.7. The lowest BCUT2D eigenvalue weighted by Gasteiger charge is -2.28. The Hall–Kier alpha value is -2.09. The van der Waals surface area contributed by atoms with E-state index in [4.69, 9.17) is 10.5 Å². The van der Waals surface area contributed by atoms with E-state index in [0.29, 0.717) is 38.0 Å². The number of nitrogens with one attached hydrogen (secondary N) is 2. The van der Waals surface area contributed by atoms with Crippen LogP contribution in [0.1, 0.15) is 38.5 Å². The van der Waals surface area contributed by atoms with Gasteiger partial charge in [0, 0.05) is 38.2 Å². The van der Waals surface area contributed by atoms with Gasteiger partial charge in [-0.3, -0.25) is 4.79 Å². The first kappa shape index (κ1) is 17.7. The van der Waals surface area contributed by atoms with E-state index in [1.54, 1.807) is 0 Å². The van der Waals surface area contributed by atoms with Gasteiger partial charge in [0.2, 0.25) is 11.9 Å². The van der Waals surface area contributed by atoms with Crippen LogP contribution >= 0.6 is 0 Å². The molecule has 2 heterocycles. The van der Waals surface area contributed by atoms with Crippen molar-refractivity contribution >= 4 is 23.5 Å². The quantitative estimate of drug-likeness (QED) is 0.708. The van der Waals surface area contributed by atoms with Crippen LogP contribution in [-0.2, 0) is 9.53 Å². The fourth-order valence-corrected chi connectivity index (χ4v) is 3.35. The Balaban J connectivity index is 1.47. The van der Waals surface area contributed by atoms with Gasteiger partial charge in [0.05, 0.1) is 13.2 Å². The number of nitrogen functional groups attached to an aromatic ring is 1. The van der Waals surface area contributed by atoms with Crippen molar-refractivity contribution in [1.29, 1.82) is 0 Å². The van der Waals surface area contributed by atoms with Crippen molar-refractivity contribution < 1.29 is 9.53 Å². The first-order valence-corrected chi connectivity index (χ1v) is 9.21. The summed E-state index contributed by atoms with van der Waals surface area (Å²) in [6.45, 7) is 3.49. The number of nitrogens with zero attached hydrogens (tertiary/aromatic N) is 3. The van der Waals surface area contributed by atoms with Crippen molar-refractivity contribution in [3.63, 3.8) is 0 Å². The van der Waals surface area contributed by atoms with Crippen LogP contribution in [0.2, 0.25) is 0 Å². The average Bonchev–Trinajstić information content (AvgIpc) is 2.63. The second kappa shape index (κ2) is 8.84. The number of morpholine rings is 1. The van der Waals surface area contributed by atoms with Crippen molar-refractivity contribution in [3.05, 3.63) is 6.07 Å². The highest BCUT2D eigenvalue weighted by Gasteiger charge is 2.16. The van der Waals surface area contributed by atoms with Crippen LogP contribution in [0.4, 0.5) is 17.6 Å². The summed E-state index contributed by atoms with van der Waals surface area (Å²) in [6, 6.07) is 2.23. The van der Waals surface area contributed by atoms with Crippen LogP contribution in [0.5, 0.6) is 0 Å². The minimum atomic E-state index is 0.0924. The van der Waals surface area contributed by atoms with E-state index < -0.39 is 0 Å². The third-order valence-corrected chi connectivity index (χ3v) is 4.69. The molecule has 25 heavy (non-hydrogen) atoms. The largest absolute Gasteiger partial charge is 0.378 e. The molecule has 1 aliphatic heterocycles. The van der Waals surface area contributed by atoms with Gasteiger partial charge in [0.15, 0.2) is 0 Å². The van der Waals surface area contributed by atoms with Gasteiger partial charge in [-0.15, -0.1) is 0 Å². The van der Waals surface area contributed by atoms with E-state index >= 15 is 0 Å². The molecule has 2 aliphatic rings. The zero-order valence-electron chi connectivity index (χ0n) is 14.7. The zero-order chi connectivity index (χ0) is 17.5. The smallest absolute Gasteiger partial charge is 0.223 e. The van der Waals surface area contributed by atoms with E-state index in [0.717, 1.165) is 31.7 Å². The number of amides is 1. The molecule has 1 aromatic heterocycles. The van der Waals surface area contributed by atoms with Crippen LogP contribution < -0.4 is 21.3 Å². The van der Waals surface area contributed by atoms with Crippen LogP contribution in [0.15, 0.2) is 6.07 Å². The fraction of sp³-hybridized carbons (Fsp3) is 0.706. The summed E-state index contributed by atoms with van der Waals surface area (Å²) in [5.41, 5.74) is 5.82. The summed E-state index contributed by atoms with van der Waals surface area (Å²) in [5, 5.41) is 6.30. The summed E-state index contributed by atoms with van der Waals surface area (Å²) in [7, 11) is 0. The molecular formula is C17H28N6O2. The molecule has 8 nitrogen and oxygen atoms in total. The number of rotatable bonds is 6. The summed E-state index contributed by atoms with van der Waals surface area (Å²) in [5.74, 6) is 1.78. The van der Waals surface area contributed by atoms with Gasteiger partial charge in [0.25, 0.3) is 0 Å². The van der Waals surface area contributed by atoms with E-state index in [2.05, 4.69) is 25.5 Å². The molecule has 8 heteroatoms. The highest BCUT2D eigenvalue weighted by Crippen LogP contribution is 2.19. The molecule has 3 rings (SSSR count). The molecule has 0 bridgehead atoms. The number of hydrogen-bond donors (Lipinski definition) is 3. The standard InChI is InChI=1S/C17H28N6O2/c18-17-21-14(12-15(22-17)23-8-10-25-11-9-23)19-7-6-16(24)20-13-4-2-1-3-5-13/h12-13H,1-11H2,(H,20,24)(H3,18,19,21,22). The lowest BCUT2D eigenvalue weighted by molar-refractivity contribution is -0.121. The first-order valence-electron chi connectivity index (χ1n) is 9.21. The molecule has 138 valence electrons. The summed E-state index contributed by atoms with van der Waals surface area (Å²) >= 11 is 0. The van der Waals surface area contributed by atoms with Crippen LogP contribution in [-0.4, -0.2) is 54.8 Å². The second-order valence-corrected chi connectivity index (χ2v) is 6.65. The summed E-state index contributed by atoms with van der Waals surface area (Å²) in [6.07, 6.45) is 6.35. The van der Waals surface area contributed by atoms with E-state index in [1.165, 1.54) is 19.3 Å². The first-order chi connectivity index (χ1) is 12.2. The molecule has 1 aromatic rings. The number of anilines is 3. The molecule has 0 atom stereocenters. The number of hydrogen-bond acceptors (Lipinski definition) is 7. The third-order valence-electron chi connectivity index (χ3n) is 4.69. The molecule has 1 saturated carbocycles. The Kier molecular flexibility index (Phi) is 6.27. The Morgan fingerprint density at radius 3 is 2.76 bits per heavy atom. The minimum absolute atomic E-state index is 0.0924. The fourth-order valence-electron chi connectivity index (χ4n) is 3.35. The Morgan fingerprint density at radius 1 is 1.24 bits per heavy atom. The van der Waals surface area contributed by atoms with Crippen molar-refractivity contribution in [2.75, 3.05) is 48.8 Å². The van der Waals surface area contributed by atoms with E-state index in [9.17, 15) is 4.79 Å². The van der Waals surface area contributed by atoms with Crippen molar-refractivity contribution in [2.24, 2.45) is 0 Å². The molecule has 1 amide bonds. The van der Waals surface area contributed by atoms with Gasteiger partial charge >= 0.3 is 0 Å². The van der Waals surface area contributed by atoms with Gasteiger partial charge in [0.1, 0.15) is 11.6 Å². The SMILES string of the molecule is Nc1nc(NCCC(=O)NC2CCCCC2)cc(N2CCOCC2)n1. The molecule has 4 N–H and O–H groups in total. The van der Waals surface area contributed by atoms with Gasteiger partial charge in [-0.2, -0.15) is 9.97 Å². The van der Waals surface area contributed by atoms with Gasteiger partial charge in [-0.05, 0) is 12.8 Å². The molecule has 0 unspecified atom stereocenters. The minimum Gasteiger partial charge on any atom is -0.378 e. The predicted octanol–water partition coefficient (Wildman–Crippen LogP) is 1.15. The monoisotopic (exact) mass is 348 g/mol. The Bertz CT molecular complexity index is 570. The molecule has 0 spiro atoms. The van der Waals surface area contributed by atoms with Gasteiger partial charge in [-0.1, -0.05) is 19.3 Å².